The van der Waals surface area contributed by atoms with Gasteiger partial charge in [0.25, 0.3) is 11.6 Å². The average Bonchev–Trinajstić information content (AvgIpc) is 3.04. The van der Waals surface area contributed by atoms with Crippen LogP contribution >= 0.6 is 9.24 Å². The molecule has 2 unspecified atom stereocenters. The molecule has 3 N–H and O–H groups in total. The van der Waals surface area contributed by atoms with Gasteiger partial charge in [-0.15, -0.1) is 0 Å². The van der Waals surface area contributed by atoms with Crippen LogP contribution in [-0.2, 0) is 10.7 Å². The minimum absolute atomic E-state index is 0.00527. The summed E-state index contributed by atoms with van der Waals surface area (Å²) in [4.78, 5) is 22.1. The predicted octanol–water partition coefficient (Wildman–Crippen LogP) is 3.89. The van der Waals surface area contributed by atoms with Crippen molar-refractivity contribution in [1.29, 1.82) is 0 Å². The van der Waals surface area contributed by atoms with E-state index < -0.39 is 28.7 Å². The van der Waals surface area contributed by atoms with Gasteiger partial charge in [-0.2, -0.15) is 0 Å². The van der Waals surface area contributed by atoms with E-state index in [1.807, 2.05) is 0 Å². The lowest BCUT2D eigenvalue weighted by molar-refractivity contribution is -0.114. The molecule has 2 aliphatic rings. The van der Waals surface area contributed by atoms with Crippen molar-refractivity contribution in [2.75, 3.05) is 23.3 Å². The van der Waals surface area contributed by atoms with E-state index in [9.17, 15) is 22.4 Å². The Kier molecular flexibility index (Phi) is 5.96. The summed E-state index contributed by atoms with van der Waals surface area (Å²) in [6.07, 6.45) is 1.31. The quantitative estimate of drug-likeness (QED) is 0.363. The van der Waals surface area contributed by atoms with E-state index >= 15 is 0 Å². The predicted molar refractivity (Wildman–Crippen MR) is 127 cm³/mol. The molecule has 1 amide bonds. The summed E-state index contributed by atoms with van der Waals surface area (Å²) >= 11 is 0. The Morgan fingerprint density at radius 3 is 2.59 bits per heavy atom. The number of nitrogens with two attached hydrogens (primary N) is 1. The van der Waals surface area contributed by atoms with Crippen LogP contribution in [0.4, 0.5) is 29.2 Å². The SMILES string of the molecule is [B][C@@]12CN(c3cc(C(C)(F)F)cc(-c4ccnc(NC(C)=O)c4C(C)C(F)(F)P)n3)C[C@@H]1[C@H]2N. The third kappa shape index (κ3) is 4.40. The summed E-state index contributed by atoms with van der Waals surface area (Å²) in [7, 11) is 7.77. The van der Waals surface area contributed by atoms with Gasteiger partial charge in [0.1, 0.15) is 11.6 Å². The molecule has 12 heteroatoms. The first kappa shape index (κ1) is 24.9. The summed E-state index contributed by atoms with van der Waals surface area (Å²) < 4.78 is 57.7. The molecular formula is C22H25BF4N5OP. The number of fused-ring (bicyclic) bond motifs is 1. The highest BCUT2D eigenvalue weighted by atomic mass is 31.0. The van der Waals surface area contributed by atoms with Crippen LogP contribution in [0.2, 0.25) is 5.31 Å². The summed E-state index contributed by atoms with van der Waals surface area (Å²) in [5, 5.41) is 1.87. The molecule has 3 heterocycles. The number of anilines is 2. The van der Waals surface area contributed by atoms with Gasteiger partial charge in [-0.3, -0.25) is 4.79 Å². The molecule has 2 aromatic heterocycles. The zero-order valence-electron chi connectivity index (χ0n) is 18.9. The molecule has 1 aliphatic carbocycles. The number of amides is 1. The minimum Gasteiger partial charge on any atom is -0.356 e. The second kappa shape index (κ2) is 8.16. The number of nitrogens with zero attached hydrogens (tertiary/aromatic N) is 3. The lowest BCUT2D eigenvalue weighted by Gasteiger charge is -2.27. The Morgan fingerprint density at radius 2 is 2.06 bits per heavy atom. The smallest absolute Gasteiger partial charge is 0.270 e. The maximum Gasteiger partial charge on any atom is 0.270 e. The normalized spacial score (nSPS) is 25.1. The standard InChI is InChI=1S/C22H25BF4N5OP/c1-10(22(26,27)34)17-13(4-5-29-19(17)30-11(2)33)15-6-12(20(3,24)25)7-16(31-15)32-8-14-18(28)21(14,23)9-32/h4-7,10,14,18H,8-9,28,34H2,1-3H3,(H,29,30,33)/t10?,14-,18-,21+/m1/s1. The van der Waals surface area contributed by atoms with Gasteiger partial charge in [-0.05, 0) is 29.4 Å². The highest BCUT2D eigenvalue weighted by molar-refractivity contribution is 7.18. The van der Waals surface area contributed by atoms with Gasteiger partial charge in [0.2, 0.25) is 5.91 Å². The molecule has 34 heavy (non-hydrogen) atoms. The number of carbonyl (C=O) groups is 1. The van der Waals surface area contributed by atoms with Crippen molar-refractivity contribution in [3.8, 4) is 11.3 Å². The number of piperidine rings is 1. The maximum atomic E-state index is 14.5. The van der Waals surface area contributed by atoms with Crippen LogP contribution in [0, 0.1) is 5.92 Å². The van der Waals surface area contributed by atoms with Gasteiger partial charge in [0.05, 0.1) is 19.5 Å². The zero-order chi connectivity index (χ0) is 25.2. The Hall–Kier alpha value is -2.26. The van der Waals surface area contributed by atoms with Crippen molar-refractivity contribution in [1.82, 2.24) is 9.97 Å². The number of halogens is 4. The van der Waals surface area contributed by atoms with Crippen LogP contribution in [0.3, 0.4) is 0 Å². The number of aromatic nitrogens is 2. The molecule has 4 rings (SSSR count). The van der Waals surface area contributed by atoms with Crippen LogP contribution in [-0.4, -0.2) is 48.5 Å². The Morgan fingerprint density at radius 1 is 1.38 bits per heavy atom. The van der Waals surface area contributed by atoms with Crippen molar-refractivity contribution in [2.45, 2.75) is 49.6 Å². The van der Waals surface area contributed by atoms with E-state index in [0.29, 0.717) is 13.1 Å². The van der Waals surface area contributed by atoms with Crippen molar-refractivity contribution in [3.63, 3.8) is 0 Å². The molecule has 1 saturated carbocycles. The fourth-order valence-corrected chi connectivity index (χ4v) is 4.72. The highest BCUT2D eigenvalue weighted by Crippen LogP contribution is 2.61. The van der Waals surface area contributed by atoms with E-state index in [1.165, 1.54) is 47.5 Å². The Labute approximate surface area is 198 Å². The number of pyridine rings is 2. The van der Waals surface area contributed by atoms with Crippen LogP contribution in [0.1, 0.15) is 37.8 Å². The fourth-order valence-electron chi connectivity index (χ4n) is 4.55. The molecule has 2 aromatic rings. The van der Waals surface area contributed by atoms with Crippen LogP contribution in [0.25, 0.3) is 11.3 Å². The van der Waals surface area contributed by atoms with Gasteiger partial charge in [-0.25, -0.2) is 27.5 Å². The molecule has 2 radical (unpaired) electrons. The molecule has 1 saturated heterocycles. The van der Waals surface area contributed by atoms with Gasteiger partial charge < -0.3 is 16.0 Å². The second-order valence-corrected chi connectivity index (χ2v) is 10.1. The highest BCUT2D eigenvalue weighted by Gasteiger charge is 2.63. The topological polar surface area (TPSA) is 84.1 Å². The summed E-state index contributed by atoms with van der Waals surface area (Å²) in [6.45, 7) is 4.06. The average molecular weight is 493 g/mol. The molecule has 1 aliphatic heterocycles. The number of hydrogen-bond acceptors (Lipinski definition) is 5. The maximum absolute atomic E-state index is 14.5. The third-order valence-electron chi connectivity index (χ3n) is 6.73. The van der Waals surface area contributed by atoms with E-state index in [0.717, 1.165) is 6.92 Å². The van der Waals surface area contributed by atoms with Gasteiger partial charge in [-0.1, -0.05) is 16.2 Å². The fraction of sp³-hybridized carbons (Fsp3) is 0.500. The van der Waals surface area contributed by atoms with Crippen LogP contribution < -0.4 is 16.0 Å². The summed E-state index contributed by atoms with van der Waals surface area (Å²) in [5.74, 6) is -4.94. The molecule has 5 atom stereocenters. The number of hydrogen-bond donors (Lipinski definition) is 2. The van der Waals surface area contributed by atoms with E-state index in [4.69, 9.17) is 13.6 Å². The number of alkyl halides is 4. The van der Waals surface area contributed by atoms with Crippen LogP contribution in [0.15, 0.2) is 24.4 Å². The van der Waals surface area contributed by atoms with Crippen molar-refractivity contribution >= 4 is 34.6 Å². The molecule has 180 valence electrons. The Bertz CT molecular complexity index is 1140. The van der Waals surface area contributed by atoms with Gasteiger partial charge in [0.15, 0.2) is 0 Å². The first-order valence-corrected chi connectivity index (χ1v) is 11.3. The van der Waals surface area contributed by atoms with E-state index in [2.05, 4.69) is 15.3 Å². The number of nitrogens with one attached hydrogen (secondary N) is 1. The number of carbonyl (C=O) groups excluding carboxylic acids is 1. The van der Waals surface area contributed by atoms with Gasteiger partial charge >= 0.3 is 0 Å². The molecule has 2 fully saturated rings. The molecule has 0 bridgehead atoms. The first-order chi connectivity index (χ1) is 15.6. The molecule has 0 aromatic carbocycles. The third-order valence-corrected chi connectivity index (χ3v) is 7.23. The van der Waals surface area contributed by atoms with E-state index in [-0.39, 0.29) is 46.0 Å². The van der Waals surface area contributed by atoms with Crippen molar-refractivity contribution in [3.05, 3.63) is 35.5 Å². The van der Waals surface area contributed by atoms with Crippen LogP contribution in [0.5, 0.6) is 0 Å². The molecule has 6 nitrogen and oxygen atoms in total. The molecular weight excluding hydrogens is 468 g/mol. The number of rotatable bonds is 6. The zero-order valence-corrected chi connectivity index (χ0v) is 20.1. The summed E-state index contributed by atoms with van der Waals surface area (Å²) in [6, 6.07) is 3.73. The molecule has 0 spiro atoms. The van der Waals surface area contributed by atoms with Gasteiger partial charge in [0, 0.05) is 55.9 Å². The largest absolute Gasteiger partial charge is 0.356 e. The monoisotopic (exact) mass is 493 g/mol. The Balaban J connectivity index is 1.88. The van der Waals surface area contributed by atoms with Crippen molar-refractivity contribution in [2.24, 2.45) is 11.7 Å². The minimum atomic E-state index is -3.27. The first-order valence-electron chi connectivity index (χ1n) is 10.8. The second-order valence-electron chi connectivity index (χ2n) is 9.31. The lowest BCUT2D eigenvalue weighted by Crippen LogP contribution is -2.31. The lowest BCUT2D eigenvalue weighted by atomic mass is 9.82. The van der Waals surface area contributed by atoms with Crippen molar-refractivity contribution < 1.29 is 22.4 Å². The van der Waals surface area contributed by atoms with E-state index in [1.54, 1.807) is 4.90 Å². The summed E-state index contributed by atoms with van der Waals surface area (Å²) in [5.41, 5.74) is 2.65.